The summed E-state index contributed by atoms with van der Waals surface area (Å²) in [4.78, 5) is 4.87. The van der Waals surface area contributed by atoms with E-state index in [1.165, 1.54) is 45.4 Å². The molecule has 0 aromatic rings. The molecular weight excluding hydrogens is 160 g/mol. The van der Waals surface area contributed by atoms with Crippen molar-refractivity contribution in [2.24, 2.45) is 0 Å². The van der Waals surface area contributed by atoms with Gasteiger partial charge in [0.2, 0.25) is 0 Å². The molecule has 1 atom stereocenters. The zero-order chi connectivity index (χ0) is 9.10. The Balaban J connectivity index is 1.65. The van der Waals surface area contributed by atoms with Gasteiger partial charge in [-0.25, -0.2) is 0 Å². The number of hydrogen-bond donors (Lipinski definition) is 0. The molecule has 73 valence electrons. The summed E-state index contributed by atoms with van der Waals surface area (Å²) in [7, 11) is 0. The fourth-order valence-electron chi connectivity index (χ4n) is 1.92. The molecule has 2 heteroatoms. The smallest absolute Gasteiger partial charge is 0.0297 e. The van der Waals surface area contributed by atoms with Gasteiger partial charge in [-0.05, 0) is 45.5 Å². The molecule has 2 rings (SSSR count). The van der Waals surface area contributed by atoms with Crippen LogP contribution in [0.15, 0.2) is 12.3 Å². The van der Waals surface area contributed by atoms with Crippen LogP contribution in [0.5, 0.6) is 0 Å². The summed E-state index contributed by atoms with van der Waals surface area (Å²) in [5, 5.41) is 0. The van der Waals surface area contributed by atoms with Crippen molar-refractivity contribution < 1.29 is 0 Å². The SMILES string of the molecule is [CH2]C(CCN1CCC1)N1C=CCC1. The van der Waals surface area contributed by atoms with Crippen molar-refractivity contribution in [2.75, 3.05) is 26.2 Å². The number of hydrogen-bond acceptors (Lipinski definition) is 2. The summed E-state index contributed by atoms with van der Waals surface area (Å²) < 4.78 is 0. The van der Waals surface area contributed by atoms with Crippen LogP contribution in [0.3, 0.4) is 0 Å². The van der Waals surface area contributed by atoms with Gasteiger partial charge in [0.15, 0.2) is 0 Å². The summed E-state index contributed by atoms with van der Waals surface area (Å²) in [6.07, 6.45) is 8.25. The van der Waals surface area contributed by atoms with Crippen LogP contribution in [-0.2, 0) is 0 Å². The molecule has 0 bridgehead atoms. The zero-order valence-corrected chi connectivity index (χ0v) is 8.28. The summed E-state index contributed by atoms with van der Waals surface area (Å²) in [5.74, 6) is 0. The third-order valence-electron chi connectivity index (χ3n) is 3.05. The lowest BCUT2D eigenvalue weighted by atomic mass is 10.1. The molecule has 2 aliphatic heterocycles. The minimum atomic E-state index is 0.486. The molecular formula is C11H19N2. The molecule has 2 nitrogen and oxygen atoms in total. The first-order valence-corrected chi connectivity index (χ1v) is 5.34. The minimum absolute atomic E-state index is 0.486. The van der Waals surface area contributed by atoms with Crippen molar-refractivity contribution in [3.05, 3.63) is 19.2 Å². The summed E-state index contributed by atoms with van der Waals surface area (Å²) >= 11 is 0. The van der Waals surface area contributed by atoms with Crippen molar-refractivity contribution in [2.45, 2.75) is 25.3 Å². The van der Waals surface area contributed by atoms with Crippen molar-refractivity contribution in [1.29, 1.82) is 0 Å². The van der Waals surface area contributed by atoms with E-state index in [0.717, 1.165) is 0 Å². The molecule has 0 amide bonds. The van der Waals surface area contributed by atoms with Gasteiger partial charge in [0.1, 0.15) is 0 Å². The highest BCUT2D eigenvalue weighted by atomic mass is 15.2. The highest BCUT2D eigenvalue weighted by Gasteiger charge is 2.17. The highest BCUT2D eigenvalue weighted by molar-refractivity contribution is 4.95. The Kier molecular flexibility index (Phi) is 2.89. The largest absolute Gasteiger partial charge is 0.374 e. The van der Waals surface area contributed by atoms with Gasteiger partial charge in [-0.1, -0.05) is 6.08 Å². The van der Waals surface area contributed by atoms with Gasteiger partial charge >= 0.3 is 0 Å². The van der Waals surface area contributed by atoms with Gasteiger partial charge in [-0.3, -0.25) is 0 Å². The molecule has 1 saturated heterocycles. The summed E-state index contributed by atoms with van der Waals surface area (Å²) in [6.45, 7) is 9.22. The second-order valence-electron chi connectivity index (χ2n) is 4.05. The Hall–Kier alpha value is -0.500. The first-order valence-electron chi connectivity index (χ1n) is 5.34. The van der Waals surface area contributed by atoms with E-state index < -0.39 is 0 Å². The minimum Gasteiger partial charge on any atom is -0.374 e. The first kappa shape index (κ1) is 9.07. The second-order valence-corrected chi connectivity index (χ2v) is 4.05. The van der Waals surface area contributed by atoms with Crippen LogP contribution in [0.2, 0.25) is 0 Å². The molecule has 0 aliphatic carbocycles. The topological polar surface area (TPSA) is 6.48 Å². The van der Waals surface area contributed by atoms with E-state index in [2.05, 4.69) is 29.0 Å². The molecule has 2 aliphatic rings. The molecule has 2 heterocycles. The van der Waals surface area contributed by atoms with Crippen molar-refractivity contribution in [1.82, 2.24) is 9.80 Å². The van der Waals surface area contributed by atoms with Crippen LogP contribution in [0.25, 0.3) is 0 Å². The van der Waals surface area contributed by atoms with Gasteiger partial charge in [-0.2, -0.15) is 0 Å². The molecule has 0 aromatic heterocycles. The zero-order valence-electron chi connectivity index (χ0n) is 8.28. The number of rotatable bonds is 4. The molecule has 1 fully saturated rings. The Morgan fingerprint density at radius 3 is 2.69 bits per heavy atom. The van der Waals surface area contributed by atoms with E-state index in [1.807, 2.05) is 0 Å². The fraction of sp³-hybridized carbons (Fsp3) is 0.727. The van der Waals surface area contributed by atoms with E-state index in [1.54, 1.807) is 0 Å². The second kappa shape index (κ2) is 4.14. The monoisotopic (exact) mass is 179 g/mol. The Bertz CT molecular complexity index is 185. The van der Waals surface area contributed by atoms with Gasteiger partial charge in [0.05, 0.1) is 0 Å². The van der Waals surface area contributed by atoms with Gasteiger partial charge < -0.3 is 9.80 Å². The van der Waals surface area contributed by atoms with E-state index in [-0.39, 0.29) is 0 Å². The Labute approximate surface area is 81.2 Å². The van der Waals surface area contributed by atoms with Crippen LogP contribution in [0, 0.1) is 6.92 Å². The van der Waals surface area contributed by atoms with Crippen LogP contribution >= 0.6 is 0 Å². The van der Waals surface area contributed by atoms with Crippen LogP contribution in [-0.4, -0.2) is 42.0 Å². The Morgan fingerprint density at radius 2 is 2.15 bits per heavy atom. The van der Waals surface area contributed by atoms with E-state index in [9.17, 15) is 0 Å². The molecule has 0 N–H and O–H groups in total. The maximum Gasteiger partial charge on any atom is 0.0297 e. The van der Waals surface area contributed by atoms with Crippen LogP contribution in [0.4, 0.5) is 0 Å². The third-order valence-corrected chi connectivity index (χ3v) is 3.05. The van der Waals surface area contributed by atoms with E-state index in [0.29, 0.717) is 6.04 Å². The van der Waals surface area contributed by atoms with Crippen molar-refractivity contribution in [3.8, 4) is 0 Å². The molecule has 0 saturated carbocycles. The first-order chi connectivity index (χ1) is 6.36. The van der Waals surface area contributed by atoms with E-state index >= 15 is 0 Å². The predicted molar refractivity (Wildman–Crippen MR) is 55.3 cm³/mol. The number of likely N-dealkylation sites (tertiary alicyclic amines) is 1. The molecule has 1 unspecified atom stereocenters. The maximum absolute atomic E-state index is 4.20. The Morgan fingerprint density at radius 1 is 1.31 bits per heavy atom. The standard InChI is InChI=1S/C11H19N2/c1-11(13-8-2-3-9-13)5-10-12-6-4-7-12/h2,8,11H,1,3-7,9-10H2. The lowest BCUT2D eigenvalue weighted by Crippen LogP contribution is -2.40. The predicted octanol–water partition coefficient (Wildman–Crippen LogP) is 1.50. The van der Waals surface area contributed by atoms with Gasteiger partial charge in [0, 0.05) is 19.1 Å². The van der Waals surface area contributed by atoms with Crippen LogP contribution in [0.1, 0.15) is 19.3 Å². The van der Waals surface area contributed by atoms with E-state index in [4.69, 9.17) is 0 Å². The molecule has 0 aromatic carbocycles. The summed E-state index contributed by atoms with van der Waals surface area (Å²) in [6, 6.07) is 0.486. The third kappa shape index (κ3) is 2.25. The lowest BCUT2D eigenvalue weighted by Gasteiger charge is -2.33. The normalized spacial score (nSPS) is 24.8. The molecule has 0 spiro atoms. The summed E-state index contributed by atoms with van der Waals surface area (Å²) in [5.41, 5.74) is 0. The fourth-order valence-corrected chi connectivity index (χ4v) is 1.92. The average molecular weight is 179 g/mol. The quantitative estimate of drug-likeness (QED) is 0.645. The lowest BCUT2D eigenvalue weighted by molar-refractivity contribution is 0.164. The average Bonchev–Trinajstić information content (AvgIpc) is 2.52. The van der Waals surface area contributed by atoms with Gasteiger partial charge in [0.25, 0.3) is 0 Å². The van der Waals surface area contributed by atoms with Crippen molar-refractivity contribution in [3.63, 3.8) is 0 Å². The highest BCUT2D eigenvalue weighted by Crippen LogP contribution is 2.13. The van der Waals surface area contributed by atoms with Gasteiger partial charge in [-0.15, -0.1) is 0 Å². The molecule has 13 heavy (non-hydrogen) atoms. The number of nitrogens with zero attached hydrogens (tertiary/aromatic N) is 2. The molecule has 1 radical (unpaired) electrons. The van der Waals surface area contributed by atoms with Crippen molar-refractivity contribution >= 4 is 0 Å². The maximum atomic E-state index is 4.20. The van der Waals surface area contributed by atoms with Crippen LogP contribution < -0.4 is 0 Å².